The van der Waals surface area contributed by atoms with Gasteiger partial charge in [0, 0.05) is 6.07 Å². The van der Waals surface area contributed by atoms with Crippen molar-refractivity contribution in [2.75, 3.05) is 5.73 Å². The molecule has 5 heteroatoms. The van der Waals surface area contributed by atoms with E-state index in [0.717, 1.165) is 0 Å². The number of nitrogen functional groups attached to an aromatic ring is 1. The number of fused-ring (bicyclic) bond motifs is 1. The van der Waals surface area contributed by atoms with Crippen LogP contribution in [0.4, 0.5) is 5.82 Å². The van der Waals surface area contributed by atoms with Crippen molar-refractivity contribution < 1.29 is 0 Å². The van der Waals surface area contributed by atoms with Gasteiger partial charge < -0.3 is 5.73 Å². The first kappa shape index (κ1) is 6.42. The van der Waals surface area contributed by atoms with E-state index in [-0.39, 0.29) is 0 Å². The SMILES string of the molecule is Nc1cnc2cc(Cl)cnn12. The Labute approximate surface area is 67.6 Å². The Balaban J connectivity index is 2.86. The van der Waals surface area contributed by atoms with Crippen molar-refractivity contribution in [1.82, 2.24) is 14.6 Å². The fourth-order valence-corrected chi connectivity index (χ4v) is 1.01. The lowest BCUT2D eigenvalue weighted by Gasteiger charge is -1.93. The van der Waals surface area contributed by atoms with Gasteiger partial charge in [-0.25, -0.2) is 4.98 Å². The zero-order chi connectivity index (χ0) is 7.84. The predicted octanol–water partition coefficient (Wildman–Crippen LogP) is 0.965. The molecule has 2 aromatic rings. The first-order valence-corrected chi connectivity index (χ1v) is 3.40. The predicted molar refractivity (Wildman–Crippen MR) is 42.4 cm³/mol. The Morgan fingerprint density at radius 2 is 2.27 bits per heavy atom. The molecule has 2 heterocycles. The van der Waals surface area contributed by atoms with Gasteiger partial charge in [0.15, 0.2) is 5.65 Å². The highest BCUT2D eigenvalue weighted by Gasteiger charge is 1.99. The van der Waals surface area contributed by atoms with Crippen LogP contribution in [0.3, 0.4) is 0 Å². The van der Waals surface area contributed by atoms with Crippen molar-refractivity contribution >= 4 is 23.1 Å². The second-order valence-corrected chi connectivity index (χ2v) is 2.56. The summed E-state index contributed by atoms with van der Waals surface area (Å²) in [5.41, 5.74) is 6.18. The van der Waals surface area contributed by atoms with Gasteiger partial charge in [0.25, 0.3) is 0 Å². The minimum absolute atomic E-state index is 0.511. The summed E-state index contributed by atoms with van der Waals surface area (Å²) < 4.78 is 1.52. The van der Waals surface area contributed by atoms with Crippen LogP contribution in [0.2, 0.25) is 5.02 Å². The van der Waals surface area contributed by atoms with Crippen molar-refractivity contribution in [1.29, 1.82) is 0 Å². The van der Waals surface area contributed by atoms with Crippen LogP contribution in [-0.2, 0) is 0 Å². The van der Waals surface area contributed by atoms with E-state index >= 15 is 0 Å². The first-order chi connectivity index (χ1) is 5.27. The lowest BCUT2D eigenvalue weighted by molar-refractivity contribution is 0.946. The average Bonchev–Trinajstić information content (AvgIpc) is 2.32. The number of nitrogens with two attached hydrogens (primary N) is 1. The molecular formula is C6H5ClN4. The van der Waals surface area contributed by atoms with Gasteiger partial charge in [0.2, 0.25) is 0 Å². The normalized spacial score (nSPS) is 10.6. The van der Waals surface area contributed by atoms with Crippen LogP contribution < -0.4 is 5.73 Å². The van der Waals surface area contributed by atoms with E-state index in [2.05, 4.69) is 10.1 Å². The lowest BCUT2D eigenvalue weighted by atomic mass is 10.6. The fourth-order valence-electron chi connectivity index (χ4n) is 0.872. The Morgan fingerprint density at radius 3 is 3.09 bits per heavy atom. The summed E-state index contributed by atoms with van der Waals surface area (Å²) in [4.78, 5) is 3.97. The molecule has 0 aliphatic rings. The van der Waals surface area contributed by atoms with Gasteiger partial charge in [-0.1, -0.05) is 11.6 Å². The van der Waals surface area contributed by atoms with Gasteiger partial charge in [-0.15, -0.1) is 0 Å². The molecule has 0 amide bonds. The molecule has 56 valence electrons. The molecule has 0 aliphatic heterocycles. The summed E-state index contributed by atoms with van der Waals surface area (Å²) in [6, 6.07) is 1.70. The van der Waals surface area contributed by atoms with E-state index in [1.165, 1.54) is 10.7 Å². The minimum Gasteiger partial charge on any atom is -0.382 e. The van der Waals surface area contributed by atoms with Gasteiger partial charge in [-0.05, 0) is 0 Å². The number of aromatic nitrogens is 3. The maximum atomic E-state index is 5.67. The van der Waals surface area contributed by atoms with E-state index in [4.69, 9.17) is 17.3 Å². The number of rotatable bonds is 0. The number of halogens is 1. The second-order valence-electron chi connectivity index (χ2n) is 2.13. The van der Waals surface area contributed by atoms with Gasteiger partial charge in [-0.2, -0.15) is 9.61 Å². The van der Waals surface area contributed by atoms with Crippen LogP contribution in [0.25, 0.3) is 5.65 Å². The molecular weight excluding hydrogens is 164 g/mol. The molecule has 0 aromatic carbocycles. The second kappa shape index (κ2) is 2.10. The highest BCUT2D eigenvalue weighted by Crippen LogP contribution is 2.11. The Morgan fingerprint density at radius 1 is 1.45 bits per heavy atom. The third kappa shape index (κ3) is 0.914. The largest absolute Gasteiger partial charge is 0.382 e. The standard InChI is InChI=1S/C6H5ClN4/c7-4-1-6-9-3-5(8)11(6)10-2-4/h1-3H,8H2. The van der Waals surface area contributed by atoms with Crippen molar-refractivity contribution in [3.8, 4) is 0 Å². The first-order valence-electron chi connectivity index (χ1n) is 3.02. The molecule has 0 aliphatic carbocycles. The maximum Gasteiger partial charge on any atom is 0.157 e. The number of hydrogen-bond donors (Lipinski definition) is 1. The zero-order valence-electron chi connectivity index (χ0n) is 5.53. The average molecular weight is 169 g/mol. The number of imidazole rings is 1. The Bertz CT molecular complexity index is 394. The fraction of sp³-hybridized carbons (Fsp3) is 0. The molecule has 11 heavy (non-hydrogen) atoms. The van der Waals surface area contributed by atoms with Crippen LogP contribution in [-0.4, -0.2) is 14.6 Å². The summed E-state index contributed by atoms with van der Waals surface area (Å²) in [6.45, 7) is 0. The Hall–Kier alpha value is -1.29. The molecule has 0 bridgehead atoms. The van der Waals surface area contributed by atoms with E-state index < -0.39 is 0 Å². The van der Waals surface area contributed by atoms with Crippen molar-refractivity contribution in [2.45, 2.75) is 0 Å². The van der Waals surface area contributed by atoms with E-state index in [1.807, 2.05) is 0 Å². The molecule has 0 saturated heterocycles. The third-order valence-corrected chi connectivity index (χ3v) is 1.56. The molecule has 0 atom stereocenters. The molecule has 2 rings (SSSR count). The van der Waals surface area contributed by atoms with Crippen LogP contribution >= 0.6 is 11.6 Å². The topological polar surface area (TPSA) is 56.2 Å². The minimum atomic E-state index is 0.511. The zero-order valence-corrected chi connectivity index (χ0v) is 6.28. The summed E-state index contributed by atoms with van der Waals surface area (Å²) >= 11 is 5.67. The van der Waals surface area contributed by atoms with Crippen molar-refractivity contribution in [3.63, 3.8) is 0 Å². The molecule has 0 fully saturated rings. The molecule has 0 saturated carbocycles. The van der Waals surface area contributed by atoms with E-state index in [0.29, 0.717) is 16.5 Å². The summed E-state index contributed by atoms with van der Waals surface area (Å²) in [7, 11) is 0. The molecule has 2 aromatic heterocycles. The summed E-state index contributed by atoms with van der Waals surface area (Å²) in [5.74, 6) is 0.511. The van der Waals surface area contributed by atoms with Gasteiger partial charge in [-0.3, -0.25) is 0 Å². The summed E-state index contributed by atoms with van der Waals surface area (Å²) in [5, 5.41) is 4.50. The number of hydrogen-bond acceptors (Lipinski definition) is 3. The highest BCUT2D eigenvalue weighted by atomic mass is 35.5. The van der Waals surface area contributed by atoms with E-state index in [1.54, 1.807) is 12.3 Å². The van der Waals surface area contributed by atoms with Gasteiger partial charge in [0.1, 0.15) is 5.82 Å². The van der Waals surface area contributed by atoms with E-state index in [9.17, 15) is 0 Å². The Kier molecular flexibility index (Phi) is 1.22. The maximum absolute atomic E-state index is 5.67. The molecule has 4 nitrogen and oxygen atoms in total. The molecule has 0 unspecified atom stereocenters. The monoisotopic (exact) mass is 168 g/mol. The number of anilines is 1. The van der Waals surface area contributed by atoms with Gasteiger partial charge in [0.05, 0.1) is 17.4 Å². The quantitative estimate of drug-likeness (QED) is 0.638. The van der Waals surface area contributed by atoms with Gasteiger partial charge >= 0.3 is 0 Å². The van der Waals surface area contributed by atoms with Crippen LogP contribution in [0, 0.1) is 0 Å². The highest BCUT2D eigenvalue weighted by molar-refractivity contribution is 6.30. The summed E-state index contributed by atoms with van der Waals surface area (Å²) in [6.07, 6.45) is 3.06. The van der Waals surface area contributed by atoms with Crippen LogP contribution in [0.1, 0.15) is 0 Å². The molecule has 0 spiro atoms. The smallest absolute Gasteiger partial charge is 0.157 e. The van der Waals surface area contributed by atoms with Crippen molar-refractivity contribution in [3.05, 3.63) is 23.5 Å². The van der Waals surface area contributed by atoms with Crippen LogP contribution in [0.15, 0.2) is 18.5 Å². The molecule has 0 radical (unpaired) electrons. The third-order valence-electron chi connectivity index (χ3n) is 1.35. The van der Waals surface area contributed by atoms with Crippen molar-refractivity contribution in [2.24, 2.45) is 0 Å². The number of nitrogens with zero attached hydrogens (tertiary/aromatic N) is 3. The van der Waals surface area contributed by atoms with Crippen LogP contribution in [0.5, 0.6) is 0 Å². The lowest BCUT2D eigenvalue weighted by Crippen LogP contribution is -1.95. The molecule has 2 N–H and O–H groups in total.